The van der Waals surface area contributed by atoms with E-state index in [9.17, 15) is 14.0 Å². The number of rotatable bonds is 7. The molecule has 36 heavy (non-hydrogen) atoms. The molecule has 1 N–H and O–H groups in total. The molecule has 3 aromatic rings. The molecular formula is C30H33FN2O3. The summed E-state index contributed by atoms with van der Waals surface area (Å²) in [6.07, 6.45) is 0.499. The molecule has 5 nitrogen and oxygen atoms in total. The van der Waals surface area contributed by atoms with Gasteiger partial charge in [-0.25, -0.2) is 4.39 Å². The minimum Gasteiger partial charge on any atom is -0.481 e. The third kappa shape index (κ3) is 5.59. The van der Waals surface area contributed by atoms with Crippen molar-refractivity contribution < 1.29 is 18.7 Å². The molecule has 2 amide bonds. The van der Waals surface area contributed by atoms with Gasteiger partial charge in [0.05, 0.1) is 6.04 Å². The van der Waals surface area contributed by atoms with E-state index >= 15 is 0 Å². The van der Waals surface area contributed by atoms with Crippen LogP contribution in [0.3, 0.4) is 0 Å². The van der Waals surface area contributed by atoms with Crippen molar-refractivity contribution in [1.29, 1.82) is 0 Å². The monoisotopic (exact) mass is 488 g/mol. The van der Waals surface area contributed by atoms with Gasteiger partial charge in [-0.3, -0.25) is 9.59 Å². The SMILES string of the molecule is CC[C@@H](Oc1ccc2c(c1)[C@@H](c1cccc(F)c1)N(C(=O)C(C)C)CC2)C(=O)Nc1ccc(C)cc1. The van der Waals surface area contributed by atoms with Gasteiger partial charge < -0.3 is 15.0 Å². The Labute approximate surface area is 212 Å². The molecule has 3 aromatic carbocycles. The van der Waals surface area contributed by atoms with Gasteiger partial charge >= 0.3 is 0 Å². The molecule has 4 rings (SSSR count). The molecule has 0 aromatic heterocycles. The van der Waals surface area contributed by atoms with Crippen LogP contribution in [0.15, 0.2) is 66.7 Å². The molecule has 0 saturated heterocycles. The summed E-state index contributed by atoms with van der Waals surface area (Å²) in [7, 11) is 0. The number of halogens is 1. The van der Waals surface area contributed by atoms with Gasteiger partial charge in [-0.2, -0.15) is 0 Å². The van der Waals surface area contributed by atoms with Crippen molar-refractivity contribution in [2.75, 3.05) is 11.9 Å². The van der Waals surface area contributed by atoms with Gasteiger partial charge in [0.25, 0.3) is 5.91 Å². The minimum absolute atomic E-state index is 0.0187. The maximum absolute atomic E-state index is 14.2. The number of hydrogen-bond acceptors (Lipinski definition) is 3. The number of fused-ring (bicyclic) bond motifs is 1. The molecule has 2 atom stereocenters. The average molecular weight is 489 g/mol. The summed E-state index contributed by atoms with van der Waals surface area (Å²) < 4.78 is 20.3. The summed E-state index contributed by atoms with van der Waals surface area (Å²) in [5, 5.41) is 2.92. The lowest BCUT2D eigenvalue weighted by Crippen LogP contribution is -2.42. The molecule has 0 spiro atoms. The number of benzene rings is 3. The fraction of sp³-hybridized carbons (Fsp3) is 0.333. The lowest BCUT2D eigenvalue weighted by Gasteiger charge is -2.39. The van der Waals surface area contributed by atoms with Gasteiger partial charge in [0, 0.05) is 18.2 Å². The third-order valence-corrected chi connectivity index (χ3v) is 6.55. The molecule has 1 aliphatic rings. The minimum atomic E-state index is -0.686. The first-order valence-electron chi connectivity index (χ1n) is 12.5. The topological polar surface area (TPSA) is 58.6 Å². The first-order valence-corrected chi connectivity index (χ1v) is 12.5. The zero-order chi connectivity index (χ0) is 25.8. The highest BCUT2D eigenvalue weighted by atomic mass is 19.1. The lowest BCUT2D eigenvalue weighted by molar-refractivity contribution is -0.136. The predicted octanol–water partition coefficient (Wildman–Crippen LogP) is 6.06. The van der Waals surface area contributed by atoms with Crippen molar-refractivity contribution in [2.24, 2.45) is 5.92 Å². The van der Waals surface area contributed by atoms with E-state index in [1.165, 1.54) is 12.1 Å². The van der Waals surface area contributed by atoms with Crippen LogP contribution in [0.2, 0.25) is 0 Å². The summed E-state index contributed by atoms with van der Waals surface area (Å²) in [5.41, 5.74) is 4.52. The summed E-state index contributed by atoms with van der Waals surface area (Å²) >= 11 is 0. The fourth-order valence-corrected chi connectivity index (χ4v) is 4.62. The second-order valence-electron chi connectivity index (χ2n) is 9.62. The highest BCUT2D eigenvalue weighted by molar-refractivity contribution is 5.94. The van der Waals surface area contributed by atoms with Crippen LogP contribution in [-0.2, 0) is 16.0 Å². The van der Waals surface area contributed by atoms with Gasteiger partial charge in [-0.1, -0.05) is 56.7 Å². The number of anilines is 1. The quantitative estimate of drug-likeness (QED) is 0.440. The van der Waals surface area contributed by atoms with E-state index in [4.69, 9.17) is 4.74 Å². The van der Waals surface area contributed by atoms with Crippen molar-refractivity contribution in [3.63, 3.8) is 0 Å². The summed E-state index contributed by atoms with van der Waals surface area (Å²) in [5.74, 6) is -0.192. The smallest absolute Gasteiger partial charge is 0.265 e. The highest BCUT2D eigenvalue weighted by Crippen LogP contribution is 2.38. The fourth-order valence-electron chi connectivity index (χ4n) is 4.62. The molecule has 0 saturated carbocycles. The van der Waals surface area contributed by atoms with Crippen molar-refractivity contribution in [3.8, 4) is 5.75 Å². The van der Waals surface area contributed by atoms with E-state index in [1.54, 1.807) is 6.07 Å². The van der Waals surface area contributed by atoms with E-state index < -0.39 is 12.1 Å². The molecule has 0 unspecified atom stereocenters. The maximum Gasteiger partial charge on any atom is 0.265 e. The Balaban J connectivity index is 1.64. The molecule has 6 heteroatoms. The van der Waals surface area contributed by atoms with Crippen LogP contribution in [0.5, 0.6) is 5.75 Å². The number of carbonyl (C=O) groups is 2. The molecule has 0 aliphatic carbocycles. The Morgan fingerprint density at radius 3 is 2.50 bits per heavy atom. The van der Waals surface area contributed by atoms with E-state index in [0.29, 0.717) is 36.4 Å². The standard InChI is InChI=1S/C30H33FN2O3/c1-5-27(29(34)32-24-12-9-20(4)10-13-24)36-25-14-11-21-15-16-33(30(35)19(2)3)28(26(21)18-25)22-7-6-8-23(31)17-22/h6-14,17-19,27-28H,5,15-16H2,1-4H3,(H,32,34)/t27-,28-/m1/s1. The van der Waals surface area contributed by atoms with E-state index in [1.807, 2.05) is 81.1 Å². The first-order chi connectivity index (χ1) is 17.3. The van der Waals surface area contributed by atoms with Gasteiger partial charge in [0.1, 0.15) is 11.6 Å². The number of hydrogen-bond donors (Lipinski definition) is 1. The van der Waals surface area contributed by atoms with Crippen LogP contribution >= 0.6 is 0 Å². The Hall–Kier alpha value is -3.67. The number of ether oxygens (including phenoxy) is 1. The van der Waals surface area contributed by atoms with Gasteiger partial charge in [0.2, 0.25) is 5.91 Å². The van der Waals surface area contributed by atoms with Gasteiger partial charge in [-0.15, -0.1) is 0 Å². The molecular weight excluding hydrogens is 455 g/mol. The summed E-state index contributed by atoms with van der Waals surface area (Å²) in [4.78, 5) is 27.9. The Morgan fingerprint density at radius 2 is 1.83 bits per heavy atom. The van der Waals surface area contributed by atoms with Crippen LogP contribution < -0.4 is 10.1 Å². The van der Waals surface area contributed by atoms with Crippen molar-refractivity contribution in [3.05, 3.63) is 94.8 Å². The number of carbonyl (C=O) groups excluding carboxylic acids is 2. The number of aryl methyl sites for hydroxylation is 1. The average Bonchev–Trinajstić information content (AvgIpc) is 2.87. The number of amides is 2. The van der Waals surface area contributed by atoms with Crippen LogP contribution in [-0.4, -0.2) is 29.4 Å². The van der Waals surface area contributed by atoms with Crippen molar-refractivity contribution >= 4 is 17.5 Å². The first kappa shape index (κ1) is 25.4. The van der Waals surface area contributed by atoms with Gasteiger partial charge in [-0.05, 0) is 72.9 Å². The van der Waals surface area contributed by atoms with E-state index in [0.717, 1.165) is 16.7 Å². The summed E-state index contributed by atoms with van der Waals surface area (Å²) in [6, 6.07) is 19.3. The second-order valence-corrected chi connectivity index (χ2v) is 9.62. The van der Waals surface area contributed by atoms with Crippen molar-refractivity contribution in [2.45, 2.75) is 52.7 Å². The zero-order valence-corrected chi connectivity index (χ0v) is 21.3. The van der Waals surface area contributed by atoms with Crippen LogP contribution in [0.25, 0.3) is 0 Å². The van der Waals surface area contributed by atoms with Crippen LogP contribution in [0, 0.1) is 18.7 Å². The maximum atomic E-state index is 14.2. The Bertz CT molecular complexity index is 1240. The third-order valence-electron chi connectivity index (χ3n) is 6.55. The Kier molecular flexibility index (Phi) is 7.73. The normalized spacial score (nSPS) is 15.8. The zero-order valence-electron chi connectivity index (χ0n) is 21.3. The van der Waals surface area contributed by atoms with Gasteiger partial charge in [0.15, 0.2) is 6.10 Å². The largest absolute Gasteiger partial charge is 0.481 e. The molecule has 0 radical (unpaired) electrons. The molecule has 0 bridgehead atoms. The summed E-state index contributed by atoms with van der Waals surface area (Å²) in [6.45, 7) is 8.20. The molecule has 0 fully saturated rings. The Morgan fingerprint density at radius 1 is 1.08 bits per heavy atom. The second kappa shape index (κ2) is 10.9. The molecule has 1 aliphatic heterocycles. The van der Waals surface area contributed by atoms with E-state index in [2.05, 4.69) is 5.32 Å². The predicted molar refractivity (Wildman–Crippen MR) is 139 cm³/mol. The molecule has 1 heterocycles. The highest BCUT2D eigenvalue weighted by Gasteiger charge is 2.34. The van der Waals surface area contributed by atoms with E-state index in [-0.39, 0.29) is 23.5 Å². The van der Waals surface area contributed by atoms with Crippen molar-refractivity contribution in [1.82, 2.24) is 4.90 Å². The number of nitrogens with zero attached hydrogens (tertiary/aromatic N) is 1. The molecule has 188 valence electrons. The lowest BCUT2D eigenvalue weighted by atomic mass is 9.87. The van der Waals surface area contributed by atoms with Crippen LogP contribution in [0.4, 0.5) is 10.1 Å². The van der Waals surface area contributed by atoms with Crippen LogP contribution in [0.1, 0.15) is 55.5 Å². The number of nitrogens with one attached hydrogen (secondary N) is 1.